The summed E-state index contributed by atoms with van der Waals surface area (Å²) in [6, 6.07) is 2.63. The molecule has 0 N–H and O–H groups in total. The van der Waals surface area contributed by atoms with E-state index < -0.39 is 0 Å². The Morgan fingerprint density at radius 2 is 2.29 bits per heavy atom. The van der Waals surface area contributed by atoms with Gasteiger partial charge >= 0.3 is 0 Å². The zero-order valence-electron chi connectivity index (χ0n) is 9.84. The number of pyridine rings is 1. The van der Waals surface area contributed by atoms with E-state index in [2.05, 4.69) is 43.8 Å². The molecule has 0 bridgehead atoms. The van der Waals surface area contributed by atoms with E-state index in [1.165, 1.54) is 5.69 Å². The molecule has 0 spiro atoms. The lowest BCUT2D eigenvalue weighted by Crippen LogP contribution is -2.48. The van der Waals surface area contributed by atoms with Crippen LogP contribution in [-0.2, 0) is 4.74 Å². The maximum absolute atomic E-state index is 5.84. The highest BCUT2D eigenvalue weighted by molar-refractivity contribution is 9.10. The molecule has 2 unspecified atom stereocenters. The molecule has 17 heavy (non-hydrogen) atoms. The number of hydrogen-bond acceptors (Lipinski definition) is 4. The standard InChI is InChI=1S/C12H16BrN3O/c1-15-2-3-17-12-8-16(7-11(12)15)10-4-9(13)5-14-6-10/h4-6,11-12H,2-3,7-8H2,1H3. The number of nitrogens with zero attached hydrogens (tertiary/aromatic N) is 3. The van der Waals surface area contributed by atoms with Gasteiger partial charge in [0, 0.05) is 30.3 Å². The monoisotopic (exact) mass is 297 g/mol. The summed E-state index contributed by atoms with van der Waals surface area (Å²) >= 11 is 3.47. The van der Waals surface area contributed by atoms with Crippen LogP contribution < -0.4 is 4.90 Å². The van der Waals surface area contributed by atoms with Crippen LogP contribution in [0.3, 0.4) is 0 Å². The minimum atomic E-state index is 0.340. The third-order valence-corrected chi connectivity index (χ3v) is 4.07. The van der Waals surface area contributed by atoms with Crippen LogP contribution in [0.2, 0.25) is 0 Å². The molecule has 2 saturated heterocycles. The first-order valence-corrected chi connectivity index (χ1v) is 6.70. The van der Waals surface area contributed by atoms with Gasteiger partial charge in [0.1, 0.15) is 0 Å². The summed E-state index contributed by atoms with van der Waals surface area (Å²) in [6.45, 7) is 3.88. The van der Waals surface area contributed by atoms with Crippen molar-refractivity contribution in [2.45, 2.75) is 12.1 Å². The Kier molecular flexibility index (Phi) is 3.06. The van der Waals surface area contributed by atoms with Crippen LogP contribution in [0.4, 0.5) is 5.69 Å². The second-order valence-electron chi connectivity index (χ2n) is 4.72. The number of halogens is 1. The van der Waals surface area contributed by atoms with Crippen LogP contribution in [0.1, 0.15) is 0 Å². The van der Waals surface area contributed by atoms with Gasteiger partial charge in [-0.05, 0) is 29.0 Å². The zero-order chi connectivity index (χ0) is 11.8. The van der Waals surface area contributed by atoms with Crippen LogP contribution in [0.25, 0.3) is 0 Å². The number of fused-ring (bicyclic) bond motifs is 1. The van der Waals surface area contributed by atoms with Crippen molar-refractivity contribution < 1.29 is 4.74 Å². The van der Waals surface area contributed by atoms with Crippen molar-refractivity contribution >= 4 is 21.6 Å². The fraction of sp³-hybridized carbons (Fsp3) is 0.583. The van der Waals surface area contributed by atoms with E-state index in [1.807, 2.05) is 12.4 Å². The fourth-order valence-electron chi connectivity index (χ4n) is 2.64. The molecule has 0 aliphatic carbocycles. The summed E-state index contributed by atoms with van der Waals surface area (Å²) in [7, 11) is 2.18. The van der Waals surface area contributed by atoms with E-state index in [1.54, 1.807) is 0 Å². The molecule has 0 amide bonds. The number of morpholine rings is 1. The number of likely N-dealkylation sites (N-methyl/N-ethyl adjacent to an activating group) is 1. The maximum atomic E-state index is 5.84. The van der Waals surface area contributed by atoms with Crippen LogP contribution >= 0.6 is 15.9 Å². The van der Waals surface area contributed by atoms with Crippen molar-refractivity contribution in [3.8, 4) is 0 Å². The van der Waals surface area contributed by atoms with Crippen molar-refractivity contribution in [1.29, 1.82) is 0 Å². The first-order chi connectivity index (χ1) is 8.24. The molecule has 3 rings (SSSR count). The quantitative estimate of drug-likeness (QED) is 0.783. The molecule has 5 heteroatoms. The van der Waals surface area contributed by atoms with Crippen molar-refractivity contribution in [3.05, 3.63) is 22.9 Å². The lowest BCUT2D eigenvalue weighted by Gasteiger charge is -2.33. The first-order valence-electron chi connectivity index (χ1n) is 5.91. The van der Waals surface area contributed by atoms with E-state index in [0.717, 1.165) is 30.7 Å². The van der Waals surface area contributed by atoms with E-state index in [-0.39, 0.29) is 0 Å². The van der Waals surface area contributed by atoms with Crippen LogP contribution in [0, 0.1) is 0 Å². The van der Waals surface area contributed by atoms with Crippen LogP contribution in [-0.4, -0.2) is 55.3 Å². The van der Waals surface area contributed by atoms with Gasteiger partial charge in [0.25, 0.3) is 0 Å². The number of anilines is 1. The average molecular weight is 298 g/mol. The Hall–Kier alpha value is -0.650. The Bertz CT molecular complexity index is 414. The zero-order valence-corrected chi connectivity index (χ0v) is 11.4. The summed E-state index contributed by atoms with van der Waals surface area (Å²) in [5, 5.41) is 0. The first kappa shape index (κ1) is 11.4. The van der Waals surface area contributed by atoms with Gasteiger partial charge in [-0.3, -0.25) is 9.88 Å². The van der Waals surface area contributed by atoms with Crippen molar-refractivity contribution in [2.24, 2.45) is 0 Å². The van der Waals surface area contributed by atoms with Crippen LogP contribution in [0.15, 0.2) is 22.9 Å². The number of ether oxygens (including phenoxy) is 1. The number of aromatic nitrogens is 1. The highest BCUT2D eigenvalue weighted by Crippen LogP contribution is 2.27. The molecular formula is C12H16BrN3O. The van der Waals surface area contributed by atoms with Crippen molar-refractivity contribution in [1.82, 2.24) is 9.88 Å². The van der Waals surface area contributed by atoms with Gasteiger partial charge in [0.2, 0.25) is 0 Å². The normalized spacial score (nSPS) is 29.4. The van der Waals surface area contributed by atoms with Gasteiger partial charge in [-0.2, -0.15) is 0 Å². The lowest BCUT2D eigenvalue weighted by atomic mass is 10.1. The summed E-state index contributed by atoms with van der Waals surface area (Å²) in [6.07, 6.45) is 4.07. The molecule has 1 aromatic rings. The third-order valence-electron chi connectivity index (χ3n) is 3.63. The topological polar surface area (TPSA) is 28.6 Å². The predicted octanol–water partition coefficient (Wildman–Crippen LogP) is 1.36. The van der Waals surface area contributed by atoms with Gasteiger partial charge in [-0.25, -0.2) is 0 Å². The highest BCUT2D eigenvalue weighted by atomic mass is 79.9. The van der Waals surface area contributed by atoms with E-state index in [0.29, 0.717) is 12.1 Å². The Balaban J connectivity index is 1.79. The number of rotatable bonds is 1. The van der Waals surface area contributed by atoms with Crippen molar-refractivity contribution in [3.63, 3.8) is 0 Å². The average Bonchev–Trinajstić information content (AvgIpc) is 2.74. The molecule has 1 aromatic heterocycles. The van der Waals surface area contributed by atoms with Crippen molar-refractivity contribution in [2.75, 3.05) is 38.2 Å². The molecule has 0 radical (unpaired) electrons. The van der Waals surface area contributed by atoms with E-state index in [4.69, 9.17) is 4.74 Å². The second kappa shape index (κ2) is 4.55. The third kappa shape index (κ3) is 2.19. The van der Waals surface area contributed by atoms with Gasteiger partial charge in [-0.15, -0.1) is 0 Å². The Labute approximate surface area is 110 Å². The van der Waals surface area contributed by atoms with Gasteiger partial charge < -0.3 is 9.64 Å². The molecule has 3 heterocycles. The molecule has 2 fully saturated rings. The maximum Gasteiger partial charge on any atom is 0.0922 e. The fourth-order valence-corrected chi connectivity index (χ4v) is 2.99. The predicted molar refractivity (Wildman–Crippen MR) is 70.3 cm³/mol. The SMILES string of the molecule is CN1CCOC2CN(c3cncc(Br)c3)CC21. The molecule has 0 saturated carbocycles. The van der Waals surface area contributed by atoms with Gasteiger partial charge in [-0.1, -0.05) is 0 Å². The Morgan fingerprint density at radius 3 is 3.06 bits per heavy atom. The molecule has 0 aromatic carbocycles. The molecular weight excluding hydrogens is 282 g/mol. The minimum absolute atomic E-state index is 0.340. The van der Waals surface area contributed by atoms with Gasteiger partial charge in [0.15, 0.2) is 0 Å². The summed E-state index contributed by atoms with van der Waals surface area (Å²) in [4.78, 5) is 8.98. The minimum Gasteiger partial charge on any atom is -0.373 e. The van der Waals surface area contributed by atoms with E-state index in [9.17, 15) is 0 Å². The summed E-state index contributed by atoms with van der Waals surface area (Å²) in [5.41, 5.74) is 1.17. The lowest BCUT2D eigenvalue weighted by molar-refractivity contribution is -0.0362. The molecule has 4 nitrogen and oxygen atoms in total. The summed E-state index contributed by atoms with van der Waals surface area (Å²) < 4.78 is 6.87. The highest BCUT2D eigenvalue weighted by Gasteiger charge is 2.38. The van der Waals surface area contributed by atoms with E-state index >= 15 is 0 Å². The Morgan fingerprint density at radius 1 is 1.41 bits per heavy atom. The van der Waals surface area contributed by atoms with Gasteiger partial charge in [0.05, 0.1) is 30.6 Å². The summed E-state index contributed by atoms with van der Waals surface area (Å²) in [5.74, 6) is 0. The smallest absolute Gasteiger partial charge is 0.0922 e. The van der Waals surface area contributed by atoms with Crippen LogP contribution in [0.5, 0.6) is 0 Å². The molecule has 2 aliphatic rings. The molecule has 2 aliphatic heterocycles. The largest absolute Gasteiger partial charge is 0.373 e. The number of hydrogen-bond donors (Lipinski definition) is 0. The second-order valence-corrected chi connectivity index (χ2v) is 5.64. The molecule has 2 atom stereocenters. The molecule has 92 valence electrons.